The van der Waals surface area contributed by atoms with Crippen LogP contribution in [0.2, 0.25) is 0 Å². The molecule has 1 rings (SSSR count). The first-order valence-corrected chi connectivity index (χ1v) is 4.09. The molecule has 0 saturated carbocycles. The molecule has 0 aromatic carbocycles. The smallest absolute Gasteiger partial charge is 0.0799 e. The predicted molar refractivity (Wildman–Crippen MR) is 49.5 cm³/mol. The van der Waals surface area contributed by atoms with E-state index in [-0.39, 0.29) is 0 Å². The molecule has 0 spiro atoms. The number of hydrogen-bond donors (Lipinski definition) is 1. The van der Waals surface area contributed by atoms with Crippen LogP contribution in [0, 0.1) is 0 Å². The maximum absolute atomic E-state index is 9.29. The van der Waals surface area contributed by atoms with E-state index in [0.717, 1.165) is 19.3 Å². The van der Waals surface area contributed by atoms with Crippen molar-refractivity contribution < 1.29 is 5.11 Å². The molecule has 0 saturated heterocycles. The normalized spacial score (nSPS) is 28.6. The van der Waals surface area contributed by atoms with Crippen molar-refractivity contribution in [3.8, 4) is 0 Å². The van der Waals surface area contributed by atoms with Crippen LogP contribution in [0.15, 0.2) is 24.8 Å². The number of rotatable bonds is 0. The van der Waals surface area contributed by atoms with Gasteiger partial charge in [-0.2, -0.15) is 0 Å². The molecular formula is C10H18O. The van der Waals surface area contributed by atoms with Gasteiger partial charge >= 0.3 is 0 Å². The molecule has 0 amide bonds. The molecule has 1 aliphatic carbocycles. The van der Waals surface area contributed by atoms with Crippen LogP contribution in [0.1, 0.15) is 33.1 Å². The molecule has 1 unspecified atom stereocenters. The van der Waals surface area contributed by atoms with Crippen molar-refractivity contribution >= 4 is 0 Å². The molecule has 1 N–H and O–H groups in total. The highest BCUT2D eigenvalue weighted by Crippen LogP contribution is 2.20. The van der Waals surface area contributed by atoms with Crippen LogP contribution in [0.25, 0.3) is 0 Å². The van der Waals surface area contributed by atoms with Gasteiger partial charge in [0.15, 0.2) is 0 Å². The molecule has 0 aromatic heterocycles. The second-order valence-electron chi connectivity index (χ2n) is 3.06. The van der Waals surface area contributed by atoms with Gasteiger partial charge in [-0.1, -0.05) is 18.2 Å². The minimum Gasteiger partial charge on any atom is -0.386 e. The van der Waals surface area contributed by atoms with Crippen molar-refractivity contribution in [2.45, 2.75) is 38.7 Å². The third-order valence-electron chi connectivity index (χ3n) is 1.53. The summed E-state index contributed by atoms with van der Waals surface area (Å²) in [5, 5.41) is 9.29. The zero-order valence-electron chi connectivity index (χ0n) is 7.51. The first kappa shape index (κ1) is 10.4. The van der Waals surface area contributed by atoms with Crippen LogP contribution < -0.4 is 0 Å². The lowest BCUT2D eigenvalue weighted by molar-refractivity contribution is 0.0948. The lowest BCUT2D eigenvalue weighted by Crippen LogP contribution is -2.22. The molecule has 0 bridgehead atoms. The molecule has 0 aromatic rings. The van der Waals surface area contributed by atoms with Gasteiger partial charge in [-0.3, -0.25) is 0 Å². The van der Waals surface area contributed by atoms with Crippen LogP contribution in [0.3, 0.4) is 0 Å². The quantitative estimate of drug-likeness (QED) is 0.532. The summed E-state index contributed by atoms with van der Waals surface area (Å²) < 4.78 is 0. The highest BCUT2D eigenvalue weighted by atomic mass is 16.3. The van der Waals surface area contributed by atoms with Crippen LogP contribution in [-0.2, 0) is 0 Å². The Morgan fingerprint density at radius 2 is 2.18 bits per heavy atom. The number of allylic oxidation sites excluding steroid dienone is 2. The summed E-state index contributed by atoms with van der Waals surface area (Å²) in [6.07, 6.45) is 8.86. The van der Waals surface area contributed by atoms with Crippen LogP contribution in [-0.4, -0.2) is 10.7 Å². The van der Waals surface area contributed by atoms with Gasteiger partial charge in [0.2, 0.25) is 0 Å². The Bertz CT molecular complexity index is 134. The Labute approximate surface area is 69.4 Å². The van der Waals surface area contributed by atoms with Gasteiger partial charge in [0.1, 0.15) is 0 Å². The average Bonchev–Trinajstić information content (AvgIpc) is 1.88. The van der Waals surface area contributed by atoms with Crippen molar-refractivity contribution in [1.82, 2.24) is 0 Å². The van der Waals surface area contributed by atoms with Crippen LogP contribution in [0.5, 0.6) is 0 Å². The Morgan fingerprint density at radius 1 is 1.64 bits per heavy atom. The van der Waals surface area contributed by atoms with E-state index in [2.05, 4.69) is 6.58 Å². The Balaban J connectivity index is 0.000000292. The Hall–Kier alpha value is -0.560. The van der Waals surface area contributed by atoms with Crippen molar-refractivity contribution in [1.29, 1.82) is 0 Å². The standard InChI is InChI=1S/C7H12O.C3H6/c1-7(8)5-3-2-4-6-7;1-3-2/h3,5,8H,2,4,6H2,1H3;3H,1H2,2H3. The summed E-state index contributed by atoms with van der Waals surface area (Å²) in [5.74, 6) is 0. The molecule has 1 nitrogen and oxygen atoms in total. The van der Waals surface area contributed by atoms with Gasteiger partial charge in [0, 0.05) is 0 Å². The zero-order chi connectivity index (χ0) is 8.74. The maximum Gasteiger partial charge on any atom is 0.0799 e. The molecule has 1 aliphatic rings. The first-order valence-electron chi connectivity index (χ1n) is 4.09. The van der Waals surface area contributed by atoms with Crippen molar-refractivity contribution in [3.63, 3.8) is 0 Å². The summed E-state index contributed by atoms with van der Waals surface area (Å²) in [7, 11) is 0. The topological polar surface area (TPSA) is 20.2 Å². The van der Waals surface area contributed by atoms with E-state index in [9.17, 15) is 5.11 Å². The highest BCUT2D eigenvalue weighted by molar-refractivity contribution is 5.01. The van der Waals surface area contributed by atoms with E-state index in [1.165, 1.54) is 0 Å². The fourth-order valence-corrected chi connectivity index (χ4v) is 0.998. The Kier molecular flexibility index (Phi) is 4.88. The van der Waals surface area contributed by atoms with E-state index >= 15 is 0 Å². The third kappa shape index (κ3) is 5.86. The van der Waals surface area contributed by atoms with Crippen molar-refractivity contribution in [2.75, 3.05) is 0 Å². The van der Waals surface area contributed by atoms with Gasteiger partial charge in [-0.05, 0) is 33.1 Å². The largest absolute Gasteiger partial charge is 0.386 e. The molecule has 11 heavy (non-hydrogen) atoms. The predicted octanol–water partition coefficient (Wildman–Crippen LogP) is 2.67. The van der Waals surface area contributed by atoms with E-state index in [0.29, 0.717) is 0 Å². The monoisotopic (exact) mass is 154 g/mol. The van der Waals surface area contributed by atoms with E-state index in [1.807, 2.05) is 26.0 Å². The highest BCUT2D eigenvalue weighted by Gasteiger charge is 2.17. The average molecular weight is 154 g/mol. The lowest BCUT2D eigenvalue weighted by Gasteiger charge is -2.21. The van der Waals surface area contributed by atoms with Crippen LogP contribution in [0.4, 0.5) is 0 Å². The third-order valence-corrected chi connectivity index (χ3v) is 1.53. The fraction of sp³-hybridized carbons (Fsp3) is 0.600. The second-order valence-corrected chi connectivity index (χ2v) is 3.06. The van der Waals surface area contributed by atoms with Crippen molar-refractivity contribution in [3.05, 3.63) is 24.8 Å². The molecule has 64 valence electrons. The maximum atomic E-state index is 9.29. The lowest BCUT2D eigenvalue weighted by atomic mass is 9.93. The fourth-order valence-electron chi connectivity index (χ4n) is 0.998. The number of hydrogen-bond acceptors (Lipinski definition) is 1. The molecule has 1 heteroatoms. The summed E-state index contributed by atoms with van der Waals surface area (Å²) in [6, 6.07) is 0. The first-order chi connectivity index (χ1) is 5.12. The molecule has 1 atom stereocenters. The van der Waals surface area contributed by atoms with Gasteiger partial charge in [0.25, 0.3) is 0 Å². The van der Waals surface area contributed by atoms with Crippen molar-refractivity contribution in [2.24, 2.45) is 0 Å². The zero-order valence-corrected chi connectivity index (χ0v) is 7.51. The molecule has 0 aliphatic heterocycles. The minimum absolute atomic E-state index is 0.502. The Morgan fingerprint density at radius 3 is 2.36 bits per heavy atom. The van der Waals surface area contributed by atoms with Gasteiger partial charge < -0.3 is 5.11 Å². The van der Waals surface area contributed by atoms with Gasteiger partial charge in [-0.25, -0.2) is 0 Å². The summed E-state index contributed by atoms with van der Waals surface area (Å²) in [6.45, 7) is 7.10. The molecular weight excluding hydrogens is 136 g/mol. The molecule has 0 radical (unpaired) electrons. The SMILES string of the molecule is C=CC.CC1(O)C=CCCC1. The summed E-state index contributed by atoms with van der Waals surface area (Å²) in [4.78, 5) is 0. The molecule has 0 heterocycles. The van der Waals surface area contributed by atoms with E-state index in [4.69, 9.17) is 0 Å². The second kappa shape index (κ2) is 5.14. The summed E-state index contributed by atoms with van der Waals surface area (Å²) in [5.41, 5.74) is -0.502. The van der Waals surface area contributed by atoms with Crippen LogP contribution >= 0.6 is 0 Å². The molecule has 0 fully saturated rings. The van der Waals surface area contributed by atoms with Gasteiger partial charge in [-0.15, -0.1) is 6.58 Å². The van der Waals surface area contributed by atoms with E-state index < -0.39 is 5.60 Å². The summed E-state index contributed by atoms with van der Waals surface area (Å²) >= 11 is 0. The van der Waals surface area contributed by atoms with E-state index in [1.54, 1.807) is 6.08 Å². The minimum atomic E-state index is -0.502. The van der Waals surface area contributed by atoms with Gasteiger partial charge in [0.05, 0.1) is 5.60 Å². The number of aliphatic hydroxyl groups is 1.